The minimum atomic E-state index is -0.0118. The number of carbonyl (C=O) groups excluding carboxylic acids is 1. The van der Waals surface area contributed by atoms with Crippen molar-refractivity contribution < 1.29 is 4.79 Å². The van der Waals surface area contributed by atoms with Gasteiger partial charge in [0, 0.05) is 23.0 Å². The van der Waals surface area contributed by atoms with Gasteiger partial charge in [-0.05, 0) is 43.2 Å². The van der Waals surface area contributed by atoms with Crippen LogP contribution in [0, 0.1) is 6.92 Å². The predicted molar refractivity (Wildman–Crippen MR) is 73.4 cm³/mol. The van der Waals surface area contributed by atoms with Crippen LogP contribution >= 0.6 is 11.8 Å². The molecule has 1 aliphatic heterocycles. The molecule has 3 nitrogen and oxygen atoms in total. The number of hydrogen-bond acceptors (Lipinski definition) is 3. The van der Waals surface area contributed by atoms with E-state index >= 15 is 0 Å². The maximum absolute atomic E-state index is 12.0. The Bertz CT molecular complexity index is 414. The van der Waals surface area contributed by atoms with Gasteiger partial charge in [0.05, 0.1) is 0 Å². The van der Waals surface area contributed by atoms with Crippen molar-refractivity contribution in [3.05, 3.63) is 29.3 Å². The van der Waals surface area contributed by atoms with Crippen LogP contribution in [-0.2, 0) is 0 Å². The van der Waals surface area contributed by atoms with Gasteiger partial charge in [-0.2, -0.15) is 11.8 Å². The summed E-state index contributed by atoms with van der Waals surface area (Å²) in [6, 6.07) is 5.44. The third-order valence-electron chi connectivity index (χ3n) is 3.02. The van der Waals surface area contributed by atoms with Crippen molar-refractivity contribution in [2.24, 2.45) is 0 Å². The number of aryl methyl sites for hydroxylation is 1. The summed E-state index contributed by atoms with van der Waals surface area (Å²) >= 11 is 1.95. The molecule has 1 heterocycles. The van der Waals surface area contributed by atoms with Crippen LogP contribution < -0.4 is 11.1 Å². The molecule has 0 saturated carbocycles. The van der Waals surface area contributed by atoms with Gasteiger partial charge < -0.3 is 11.1 Å². The highest BCUT2D eigenvalue weighted by Crippen LogP contribution is 2.25. The molecule has 2 rings (SSSR count). The number of nitrogens with two attached hydrogens (primary N) is 1. The summed E-state index contributed by atoms with van der Waals surface area (Å²) in [7, 11) is 0. The zero-order valence-corrected chi connectivity index (χ0v) is 10.8. The van der Waals surface area contributed by atoms with Crippen molar-refractivity contribution in [3.63, 3.8) is 0 Å². The van der Waals surface area contributed by atoms with E-state index in [9.17, 15) is 4.79 Å². The molecule has 3 N–H and O–H groups in total. The molecule has 92 valence electrons. The smallest absolute Gasteiger partial charge is 0.251 e. The first-order chi connectivity index (χ1) is 8.16. The van der Waals surface area contributed by atoms with E-state index < -0.39 is 0 Å². The van der Waals surface area contributed by atoms with Gasteiger partial charge in [-0.15, -0.1) is 0 Å². The van der Waals surface area contributed by atoms with Gasteiger partial charge in [0.25, 0.3) is 5.91 Å². The molecule has 4 heteroatoms. The van der Waals surface area contributed by atoms with Crippen molar-refractivity contribution in [2.75, 3.05) is 18.0 Å². The Morgan fingerprint density at radius 2 is 2.41 bits per heavy atom. The summed E-state index contributed by atoms with van der Waals surface area (Å²) in [6.07, 6.45) is 2.48. The van der Waals surface area contributed by atoms with Crippen molar-refractivity contribution in [2.45, 2.75) is 25.0 Å². The average Bonchev–Trinajstić information content (AvgIpc) is 2.82. The fourth-order valence-corrected chi connectivity index (χ4v) is 3.19. The van der Waals surface area contributed by atoms with Gasteiger partial charge in [-0.1, -0.05) is 6.07 Å². The van der Waals surface area contributed by atoms with Crippen LogP contribution in [0.15, 0.2) is 18.2 Å². The van der Waals surface area contributed by atoms with Crippen molar-refractivity contribution >= 4 is 23.4 Å². The lowest BCUT2D eigenvalue weighted by atomic mass is 10.1. The Kier molecular flexibility index (Phi) is 3.94. The zero-order valence-electron chi connectivity index (χ0n) is 10.0. The summed E-state index contributed by atoms with van der Waals surface area (Å²) in [4.78, 5) is 12.0. The second kappa shape index (κ2) is 5.45. The second-order valence-corrected chi connectivity index (χ2v) is 5.83. The van der Waals surface area contributed by atoms with Crippen molar-refractivity contribution in [1.82, 2.24) is 5.32 Å². The van der Waals surface area contributed by atoms with E-state index in [0.717, 1.165) is 12.1 Å². The monoisotopic (exact) mass is 250 g/mol. The summed E-state index contributed by atoms with van der Waals surface area (Å²) < 4.78 is 0. The van der Waals surface area contributed by atoms with Crippen molar-refractivity contribution in [3.8, 4) is 0 Å². The number of benzene rings is 1. The zero-order chi connectivity index (χ0) is 12.3. The largest absolute Gasteiger partial charge is 0.399 e. The van der Waals surface area contributed by atoms with E-state index in [-0.39, 0.29) is 5.91 Å². The Morgan fingerprint density at radius 3 is 3.12 bits per heavy atom. The first-order valence-electron chi connectivity index (χ1n) is 5.93. The standard InChI is InChI=1S/C13H18N2OS/c1-9-4-5-10(14)7-12(9)13(16)15-8-11-3-2-6-17-11/h4-5,7,11H,2-3,6,8,14H2,1H3,(H,15,16). The maximum Gasteiger partial charge on any atom is 0.251 e. The van der Waals surface area contributed by atoms with Gasteiger partial charge >= 0.3 is 0 Å². The normalized spacial score (nSPS) is 19.2. The predicted octanol–water partition coefficient (Wildman–Crippen LogP) is 2.20. The van der Waals surface area contributed by atoms with E-state index in [4.69, 9.17) is 5.73 Å². The van der Waals surface area contributed by atoms with E-state index in [0.29, 0.717) is 16.5 Å². The maximum atomic E-state index is 12.0. The van der Waals surface area contributed by atoms with E-state index in [1.807, 2.05) is 30.8 Å². The first kappa shape index (κ1) is 12.3. The van der Waals surface area contributed by atoms with Crippen molar-refractivity contribution in [1.29, 1.82) is 0 Å². The van der Waals surface area contributed by atoms with Crippen LogP contribution in [0.4, 0.5) is 5.69 Å². The molecule has 1 amide bonds. The highest BCUT2D eigenvalue weighted by Gasteiger charge is 2.17. The second-order valence-electron chi connectivity index (χ2n) is 4.42. The van der Waals surface area contributed by atoms with Gasteiger partial charge in [-0.3, -0.25) is 4.79 Å². The molecule has 1 aromatic carbocycles. The molecule has 0 aliphatic carbocycles. The highest BCUT2D eigenvalue weighted by atomic mass is 32.2. The summed E-state index contributed by atoms with van der Waals surface area (Å²) in [5, 5.41) is 3.58. The number of amides is 1. The molecule has 1 saturated heterocycles. The lowest BCUT2D eigenvalue weighted by Crippen LogP contribution is -2.30. The number of carbonyl (C=O) groups is 1. The minimum Gasteiger partial charge on any atom is -0.399 e. The molecule has 1 fully saturated rings. The lowest BCUT2D eigenvalue weighted by Gasteiger charge is -2.11. The summed E-state index contributed by atoms with van der Waals surface area (Å²) in [5.74, 6) is 1.21. The van der Waals surface area contributed by atoms with Crippen LogP contribution in [-0.4, -0.2) is 23.5 Å². The Morgan fingerprint density at radius 1 is 1.59 bits per heavy atom. The number of thioether (sulfide) groups is 1. The minimum absolute atomic E-state index is 0.0118. The van der Waals surface area contributed by atoms with Crippen LogP contribution in [0.5, 0.6) is 0 Å². The number of nitrogens with one attached hydrogen (secondary N) is 1. The van der Waals surface area contributed by atoms with Crippen LogP contribution in [0.2, 0.25) is 0 Å². The third-order valence-corrected chi connectivity index (χ3v) is 4.42. The fraction of sp³-hybridized carbons (Fsp3) is 0.462. The molecule has 0 radical (unpaired) electrons. The van der Waals surface area contributed by atoms with Crippen LogP contribution in [0.25, 0.3) is 0 Å². The summed E-state index contributed by atoms with van der Waals surface area (Å²) in [6.45, 7) is 2.69. The number of hydrogen-bond donors (Lipinski definition) is 2. The Balaban J connectivity index is 1.96. The molecular formula is C13H18N2OS. The molecular weight excluding hydrogens is 232 g/mol. The molecule has 17 heavy (non-hydrogen) atoms. The molecule has 0 bridgehead atoms. The van der Waals surface area contributed by atoms with Crippen LogP contribution in [0.1, 0.15) is 28.8 Å². The molecule has 1 atom stereocenters. The molecule has 0 aromatic heterocycles. The van der Waals surface area contributed by atoms with Gasteiger partial charge in [0.15, 0.2) is 0 Å². The Labute approximate surface area is 106 Å². The molecule has 0 spiro atoms. The number of anilines is 1. The lowest BCUT2D eigenvalue weighted by molar-refractivity contribution is 0.0953. The topological polar surface area (TPSA) is 55.1 Å². The summed E-state index contributed by atoms with van der Waals surface area (Å²) in [5.41, 5.74) is 7.99. The van der Waals surface area contributed by atoms with E-state index in [2.05, 4.69) is 5.32 Å². The Hall–Kier alpha value is -1.16. The highest BCUT2D eigenvalue weighted by molar-refractivity contribution is 8.00. The molecule has 1 aromatic rings. The van der Waals surface area contributed by atoms with Gasteiger partial charge in [0.2, 0.25) is 0 Å². The first-order valence-corrected chi connectivity index (χ1v) is 6.97. The number of nitrogen functional groups attached to an aromatic ring is 1. The number of rotatable bonds is 3. The quantitative estimate of drug-likeness (QED) is 0.809. The average molecular weight is 250 g/mol. The van der Waals surface area contributed by atoms with Crippen LogP contribution in [0.3, 0.4) is 0 Å². The molecule has 1 aliphatic rings. The van der Waals surface area contributed by atoms with Gasteiger partial charge in [0.1, 0.15) is 0 Å². The molecule has 1 unspecified atom stereocenters. The third kappa shape index (κ3) is 3.16. The van der Waals surface area contributed by atoms with E-state index in [1.54, 1.807) is 6.07 Å². The van der Waals surface area contributed by atoms with Gasteiger partial charge in [-0.25, -0.2) is 0 Å². The SMILES string of the molecule is Cc1ccc(N)cc1C(=O)NCC1CCCS1. The van der Waals surface area contributed by atoms with E-state index in [1.165, 1.54) is 18.6 Å². The fourth-order valence-electron chi connectivity index (χ4n) is 1.99.